The van der Waals surface area contributed by atoms with Gasteiger partial charge < -0.3 is 4.74 Å². The number of fused-ring (bicyclic) bond motifs is 1. The van der Waals surface area contributed by atoms with Crippen LogP contribution in [0.2, 0.25) is 0 Å². The van der Waals surface area contributed by atoms with Gasteiger partial charge in [-0.2, -0.15) is 4.98 Å². The number of thiocarbonyl (C=S) groups is 1. The van der Waals surface area contributed by atoms with E-state index in [1.54, 1.807) is 23.2 Å². The smallest absolute Gasteiger partial charge is 0.269 e. The molecule has 0 N–H and O–H groups in total. The lowest BCUT2D eigenvalue weighted by Gasteiger charge is -2.14. The Labute approximate surface area is 224 Å². The van der Waals surface area contributed by atoms with Crippen molar-refractivity contribution < 1.29 is 9.53 Å². The molecule has 0 spiro atoms. The lowest BCUT2D eigenvalue weighted by Crippen LogP contribution is -2.30. The number of nitrogens with zero attached hydrogens (tertiary/aromatic N) is 3. The molecule has 2 aromatic carbocycles. The minimum absolute atomic E-state index is 0.154. The van der Waals surface area contributed by atoms with E-state index in [-0.39, 0.29) is 22.9 Å². The Morgan fingerprint density at radius 1 is 1.00 bits per heavy atom. The molecule has 5 rings (SSSR count). The summed E-state index contributed by atoms with van der Waals surface area (Å²) in [6.45, 7) is 6.30. The molecule has 0 radical (unpaired) electrons. The number of ether oxygens (including phenoxy) is 1. The van der Waals surface area contributed by atoms with E-state index in [0.717, 1.165) is 22.3 Å². The number of aromatic nitrogens is 2. The first-order valence-electron chi connectivity index (χ1n) is 11.9. The van der Waals surface area contributed by atoms with E-state index >= 15 is 0 Å². The van der Waals surface area contributed by atoms with Crippen molar-refractivity contribution in [3.8, 4) is 11.6 Å². The van der Waals surface area contributed by atoms with Crippen LogP contribution in [0.5, 0.6) is 11.6 Å². The molecule has 4 aromatic rings. The fourth-order valence-corrected chi connectivity index (χ4v) is 5.51. The highest BCUT2D eigenvalue weighted by molar-refractivity contribution is 8.26. The summed E-state index contributed by atoms with van der Waals surface area (Å²) in [7, 11) is 0. The molecule has 0 atom stereocenters. The second kappa shape index (κ2) is 10.3. The van der Waals surface area contributed by atoms with Crippen LogP contribution in [0.1, 0.15) is 27.8 Å². The van der Waals surface area contributed by atoms with Crippen molar-refractivity contribution >= 4 is 45.9 Å². The largest absolute Gasteiger partial charge is 0.438 e. The second-order valence-electron chi connectivity index (χ2n) is 8.96. The van der Waals surface area contributed by atoms with Crippen molar-refractivity contribution in [3.05, 3.63) is 110 Å². The summed E-state index contributed by atoms with van der Waals surface area (Å²) in [6.07, 6.45) is 3.91. The number of benzene rings is 2. The Hall–Kier alpha value is -3.75. The van der Waals surface area contributed by atoms with E-state index < -0.39 is 0 Å². The first-order chi connectivity index (χ1) is 17.8. The van der Waals surface area contributed by atoms with Crippen LogP contribution in [0.3, 0.4) is 0 Å². The van der Waals surface area contributed by atoms with Crippen molar-refractivity contribution in [1.29, 1.82) is 0 Å². The molecule has 6 nitrogen and oxygen atoms in total. The highest BCUT2D eigenvalue weighted by Crippen LogP contribution is 2.34. The number of thioether (sulfide) groups is 1. The van der Waals surface area contributed by atoms with Crippen LogP contribution < -0.4 is 10.3 Å². The topological polar surface area (TPSA) is 63.9 Å². The molecular weight excluding hydrogens is 502 g/mol. The second-order valence-corrected chi connectivity index (χ2v) is 10.6. The van der Waals surface area contributed by atoms with Crippen molar-refractivity contribution in [3.63, 3.8) is 0 Å². The monoisotopic (exact) mass is 527 g/mol. The normalized spacial score (nSPS) is 14.7. The molecule has 3 heterocycles. The first kappa shape index (κ1) is 24.9. The highest BCUT2D eigenvalue weighted by Gasteiger charge is 2.32. The fourth-order valence-electron chi connectivity index (χ4n) is 4.22. The van der Waals surface area contributed by atoms with Gasteiger partial charge in [0.1, 0.15) is 21.3 Å². The Kier molecular flexibility index (Phi) is 6.95. The Balaban J connectivity index is 1.55. The molecule has 8 heteroatoms. The molecule has 1 aliphatic rings. The minimum atomic E-state index is -0.317. The van der Waals surface area contributed by atoms with Gasteiger partial charge in [0.2, 0.25) is 5.88 Å². The van der Waals surface area contributed by atoms with Gasteiger partial charge in [0, 0.05) is 12.7 Å². The van der Waals surface area contributed by atoms with Gasteiger partial charge in [-0.25, -0.2) is 0 Å². The predicted molar refractivity (Wildman–Crippen MR) is 152 cm³/mol. The fraction of sp³-hybridized carbons (Fsp3) is 0.172. The molecule has 1 saturated heterocycles. The van der Waals surface area contributed by atoms with Crippen LogP contribution in [-0.2, 0) is 11.2 Å². The molecule has 186 valence electrons. The number of carbonyl (C=O) groups excluding carboxylic acids is 1. The van der Waals surface area contributed by atoms with Gasteiger partial charge in [-0.1, -0.05) is 78.1 Å². The molecular formula is C29H25N3O3S2. The average molecular weight is 528 g/mol. The van der Waals surface area contributed by atoms with Gasteiger partial charge >= 0.3 is 0 Å². The summed E-state index contributed by atoms with van der Waals surface area (Å²) in [6, 6.07) is 19.4. The van der Waals surface area contributed by atoms with Crippen molar-refractivity contribution in [1.82, 2.24) is 14.3 Å². The summed E-state index contributed by atoms with van der Waals surface area (Å²) in [5.74, 6) is 0.526. The average Bonchev–Trinajstić information content (AvgIpc) is 3.15. The van der Waals surface area contributed by atoms with Crippen LogP contribution in [-0.4, -0.2) is 31.1 Å². The molecule has 1 aliphatic heterocycles. The number of carbonyl (C=O) groups is 1. The van der Waals surface area contributed by atoms with Gasteiger partial charge in [-0.15, -0.1) is 0 Å². The molecule has 0 unspecified atom stereocenters. The summed E-state index contributed by atoms with van der Waals surface area (Å²) >= 11 is 6.70. The zero-order valence-electron chi connectivity index (χ0n) is 20.7. The zero-order valence-corrected chi connectivity index (χ0v) is 22.4. The van der Waals surface area contributed by atoms with Gasteiger partial charge in [0.15, 0.2) is 0 Å². The summed E-state index contributed by atoms with van der Waals surface area (Å²) in [5.41, 5.74) is 4.37. The van der Waals surface area contributed by atoms with E-state index in [1.165, 1.54) is 16.2 Å². The van der Waals surface area contributed by atoms with Crippen LogP contribution in [0.15, 0.2) is 76.6 Å². The van der Waals surface area contributed by atoms with E-state index in [0.29, 0.717) is 33.6 Å². The summed E-state index contributed by atoms with van der Waals surface area (Å²) in [4.78, 5) is 33.6. The van der Waals surface area contributed by atoms with E-state index in [1.807, 2.05) is 75.4 Å². The molecule has 2 aromatic heterocycles. The number of rotatable bonds is 6. The van der Waals surface area contributed by atoms with Crippen LogP contribution in [0, 0.1) is 20.8 Å². The number of pyridine rings is 1. The van der Waals surface area contributed by atoms with E-state index in [9.17, 15) is 9.59 Å². The Morgan fingerprint density at radius 2 is 1.78 bits per heavy atom. The third kappa shape index (κ3) is 5.08. The predicted octanol–water partition coefficient (Wildman–Crippen LogP) is 5.86. The van der Waals surface area contributed by atoms with Crippen LogP contribution in [0.4, 0.5) is 0 Å². The van der Waals surface area contributed by atoms with Gasteiger partial charge in [-0.05, 0) is 62.1 Å². The lowest BCUT2D eigenvalue weighted by atomic mass is 10.1. The molecule has 0 bridgehead atoms. The van der Waals surface area contributed by atoms with Crippen molar-refractivity contribution in [2.45, 2.75) is 27.2 Å². The van der Waals surface area contributed by atoms with Crippen molar-refractivity contribution in [2.75, 3.05) is 6.54 Å². The van der Waals surface area contributed by atoms with Gasteiger partial charge in [0.05, 0.1) is 4.91 Å². The standard InChI is InChI=1S/C29H25N3O3S2/c1-18-11-12-23(20(3)16-18)35-26-22(27(33)31-14-7-8-19(2)25(31)30-26)17-24-28(34)32(29(36)37-24)15-13-21-9-5-4-6-10-21/h4-12,14,16-17H,13,15H2,1-3H3/b24-17+. The third-order valence-electron chi connectivity index (χ3n) is 6.20. The Morgan fingerprint density at radius 3 is 2.54 bits per heavy atom. The van der Waals surface area contributed by atoms with Gasteiger partial charge in [0.25, 0.3) is 11.5 Å². The van der Waals surface area contributed by atoms with E-state index in [4.69, 9.17) is 21.9 Å². The molecule has 1 amide bonds. The van der Waals surface area contributed by atoms with Crippen LogP contribution >= 0.6 is 24.0 Å². The van der Waals surface area contributed by atoms with Crippen LogP contribution in [0.25, 0.3) is 11.7 Å². The highest BCUT2D eigenvalue weighted by atomic mass is 32.2. The molecule has 0 saturated carbocycles. The quantitative estimate of drug-likeness (QED) is 0.231. The maximum Gasteiger partial charge on any atom is 0.269 e. The van der Waals surface area contributed by atoms with E-state index in [2.05, 4.69) is 0 Å². The number of hydrogen-bond donors (Lipinski definition) is 0. The summed E-state index contributed by atoms with van der Waals surface area (Å²) in [5, 5.41) is 0. The van der Waals surface area contributed by atoms with Gasteiger partial charge in [-0.3, -0.25) is 18.9 Å². The minimum Gasteiger partial charge on any atom is -0.438 e. The Bertz CT molecular complexity index is 1630. The van der Waals surface area contributed by atoms with Crippen molar-refractivity contribution in [2.24, 2.45) is 0 Å². The summed E-state index contributed by atoms with van der Waals surface area (Å²) < 4.78 is 8.15. The number of hydrogen-bond acceptors (Lipinski definition) is 6. The number of aryl methyl sites for hydroxylation is 3. The molecule has 1 fully saturated rings. The molecule has 37 heavy (non-hydrogen) atoms. The maximum atomic E-state index is 13.6. The third-order valence-corrected chi connectivity index (χ3v) is 7.58. The maximum absolute atomic E-state index is 13.6. The lowest BCUT2D eigenvalue weighted by molar-refractivity contribution is -0.122. The SMILES string of the molecule is Cc1ccc(Oc2nc3c(C)cccn3c(=O)c2/C=C2/SC(=S)N(CCc3ccccc3)C2=O)c(C)c1. The number of amides is 1. The zero-order chi connectivity index (χ0) is 26.1. The first-order valence-corrected chi connectivity index (χ1v) is 13.1. The molecule has 0 aliphatic carbocycles.